The van der Waals surface area contributed by atoms with Gasteiger partial charge >= 0.3 is 0 Å². The van der Waals surface area contributed by atoms with E-state index in [0.29, 0.717) is 55.5 Å². The number of amides is 1. The molecule has 0 saturated carbocycles. The minimum absolute atomic E-state index is 0.138. The zero-order valence-electron chi connectivity index (χ0n) is 18.1. The Morgan fingerprint density at radius 3 is 2.26 bits per heavy atom. The van der Waals surface area contributed by atoms with Crippen LogP contribution in [0.15, 0.2) is 42.5 Å². The third-order valence-corrected chi connectivity index (χ3v) is 7.25. The molecular formula is C22H29N3O5S. The molecule has 0 aromatic heterocycles. The number of nitrogens with zero attached hydrogens (tertiary/aromatic N) is 2. The Balaban J connectivity index is 1.57. The topological polar surface area (TPSA) is 88.2 Å². The van der Waals surface area contributed by atoms with Crippen molar-refractivity contribution < 1.29 is 22.7 Å². The number of ether oxygens (including phenoxy) is 2. The predicted octanol–water partition coefficient (Wildman–Crippen LogP) is 2.42. The van der Waals surface area contributed by atoms with E-state index in [1.807, 2.05) is 12.1 Å². The van der Waals surface area contributed by atoms with Gasteiger partial charge in [0.05, 0.1) is 25.7 Å². The highest BCUT2D eigenvalue weighted by atomic mass is 32.2. The molecule has 9 heteroatoms. The molecule has 3 rings (SSSR count). The summed E-state index contributed by atoms with van der Waals surface area (Å²) < 4.78 is 36.0. The number of nitrogens with one attached hydrogen (secondary N) is 1. The highest BCUT2D eigenvalue weighted by Gasteiger charge is 2.25. The van der Waals surface area contributed by atoms with Gasteiger partial charge in [-0.05, 0) is 36.8 Å². The van der Waals surface area contributed by atoms with Crippen LogP contribution in [-0.2, 0) is 16.6 Å². The zero-order chi connectivity index (χ0) is 22.4. The number of sulfonamides is 1. The van der Waals surface area contributed by atoms with Crippen molar-refractivity contribution in [3.05, 3.63) is 53.6 Å². The van der Waals surface area contributed by atoms with E-state index in [0.717, 1.165) is 5.56 Å². The summed E-state index contributed by atoms with van der Waals surface area (Å²) in [5, 5.41) is 2.86. The second-order valence-electron chi connectivity index (χ2n) is 7.29. The quantitative estimate of drug-likeness (QED) is 0.669. The summed E-state index contributed by atoms with van der Waals surface area (Å²) >= 11 is 0. The number of carbonyl (C=O) groups is 1. The van der Waals surface area contributed by atoms with E-state index in [-0.39, 0.29) is 11.7 Å². The van der Waals surface area contributed by atoms with Gasteiger partial charge < -0.3 is 14.8 Å². The lowest BCUT2D eigenvalue weighted by Gasteiger charge is -2.33. The Hall–Kier alpha value is -2.62. The molecule has 8 nitrogen and oxygen atoms in total. The molecule has 2 aromatic rings. The first kappa shape index (κ1) is 23.1. The first-order valence-corrected chi connectivity index (χ1v) is 11.8. The summed E-state index contributed by atoms with van der Waals surface area (Å²) in [6.45, 7) is 4.80. The number of hydrogen-bond acceptors (Lipinski definition) is 6. The standard InChI is InChI=1S/C22H29N3O5S/c1-4-31(27,28)25-13-11-24(12-14-25)16-17-5-7-18(8-6-17)22(26)23-20-10-9-19(29-2)15-21(20)30-3/h5-10,15H,4,11-14,16H2,1-3H3,(H,23,26). The molecule has 1 aliphatic rings. The fourth-order valence-corrected chi connectivity index (χ4v) is 4.55. The van der Waals surface area contributed by atoms with Crippen LogP contribution in [0.3, 0.4) is 0 Å². The van der Waals surface area contributed by atoms with Crippen molar-refractivity contribution in [3.63, 3.8) is 0 Å². The molecule has 0 atom stereocenters. The lowest BCUT2D eigenvalue weighted by molar-refractivity contribution is 0.102. The molecular weight excluding hydrogens is 418 g/mol. The largest absolute Gasteiger partial charge is 0.497 e. The number of piperazine rings is 1. The molecule has 0 unspecified atom stereocenters. The summed E-state index contributed by atoms with van der Waals surface area (Å²) in [7, 11) is -0.0119. The number of rotatable bonds is 8. The van der Waals surface area contributed by atoms with Crippen LogP contribution >= 0.6 is 0 Å². The van der Waals surface area contributed by atoms with Gasteiger partial charge in [0, 0.05) is 44.4 Å². The molecule has 1 saturated heterocycles. The SMILES string of the molecule is CCS(=O)(=O)N1CCN(Cc2ccc(C(=O)Nc3ccc(OC)cc3OC)cc2)CC1. The summed E-state index contributed by atoms with van der Waals surface area (Å²) in [5.74, 6) is 1.08. The van der Waals surface area contributed by atoms with Gasteiger partial charge in [-0.2, -0.15) is 4.31 Å². The van der Waals surface area contributed by atoms with Gasteiger partial charge in [0.15, 0.2) is 0 Å². The minimum atomic E-state index is -3.12. The molecule has 0 spiro atoms. The molecule has 1 N–H and O–H groups in total. The van der Waals surface area contributed by atoms with E-state index in [1.165, 1.54) is 7.11 Å². The number of anilines is 1. The van der Waals surface area contributed by atoms with Crippen LogP contribution < -0.4 is 14.8 Å². The van der Waals surface area contributed by atoms with Gasteiger partial charge in [0.2, 0.25) is 10.0 Å². The Morgan fingerprint density at radius 2 is 1.68 bits per heavy atom. The Morgan fingerprint density at radius 1 is 1.00 bits per heavy atom. The fraction of sp³-hybridized carbons (Fsp3) is 0.409. The molecule has 2 aromatic carbocycles. The molecule has 1 amide bonds. The third kappa shape index (κ3) is 5.75. The van der Waals surface area contributed by atoms with Crippen LogP contribution in [0.2, 0.25) is 0 Å². The van der Waals surface area contributed by atoms with E-state index in [9.17, 15) is 13.2 Å². The van der Waals surface area contributed by atoms with Crippen molar-refractivity contribution in [3.8, 4) is 11.5 Å². The minimum Gasteiger partial charge on any atom is -0.497 e. The second-order valence-corrected chi connectivity index (χ2v) is 9.55. The number of hydrogen-bond donors (Lipinski definition) is 1. The predicted molar refractivity (Wildman–Crippen MR) is 120 cm³/mol. The molecule has 1 aliphatic heterocycles. The van der Waals surface area contributed by atoms with Gasteiger partial charge in [0.25, 0.3) is 5.91 Å². The third-order valence-electron chi connectivity index (χ3n) is 5.37. The van der Waals surface area contributed by atoms with Crippen molar-refractivity contribution in [2.24, 2.45) is 0 Å². The lowest BCUT2D eigenvalue weighted by Crippen LogP contribution is -2.48. The van der Waals surface area contributed by atoms with Crippen LogP contribution in [-0.4, -0.2) is 69.7 Å². The van der Waals surface area contributed by atoms with Crippen LogP contribution in [0.25, 0.3) is 0 Å². The first-order chi connectivity index (χ1) is 14.9. The summed E-state index contributed by atoms with van der Waals surface area (Å²) in [4.78, 5) is 14.8. The molecule has 168 valence electrons. The molecule has 31 heavy (non-hydrogen) atoms. The van der Waals surface area contributed by atoms with Crippen LogP contribution in [0.4, 0.5) is 5.69 Å². The van der Waals surface area contributed by atoms with Crippen LogP contribution in [0.5, 0.6) is 11.5 Å². The van der Waals surface area contributed by atoms with Crippen molar-refractivity contribution in [2.75, 3.05) is 51.5 Å². The summed E-state index contributed by atoms with van der Waals surface area (Å²) in [5.41, 5.74) is 2.18. The molecule has 0 aliphatic carbocycles. The van der Waals surface area contributed by atoms with E-state index in [4.69, 9.17) is 9.47 Å². The molecule has 1 fully saturated rings. The van der Waals surface area contributed by atoms with E-state index >= 15 is 0 Å². The molecule has 0 radical (unpaired) electrons. The molecule has 0 bridgehead atoms. The maximum atomic E-state index is 12.6. The van der Waals surface area contributed by atoms with E-state index in [1.54, 1.807) is 48.7 Å². The Bertz CT molecular complexity index is 1000. The highest BCUT2D eigenvalue weighted by Crippen LogP contribution is 2.29. The molecule has 1 heterocycles. The number of carbonyl (C=O) groups excluding carboxylic acids is 1. The maximum Gasteiger partial charge on any atom is 0.255 e. The van der Waals surface area contributed by atoms with Gasteiger partial charge in [-0.1, -0.05) is 12.1 Å². The summed E-state index contributed by atoms with van der Waals surface area (Å²) in [6, 6.07) is 12.6. The van der Waals surface area contributed by atoms with Gasteiger partial charge in [0.1, 0.15) is 11.5 Å². The smallest absolute Gasteiger partial charge is 0.255 e. The maximum absolute atomic E-state index is 12.6. The number of benzene rings is 2. The van der Waals surface area contributed by atoms with Gasteiger partial charge in [-0.25, -0.2) is 8.42 Å². The fourth-order valence-electron chi connectivity index (χ4n) is 3.46. The van der Waals surface area contributed by atoms with Gasteiger partial charge in [-0.3, -0.25) is 9.69 Å². The Kier molecular flexibility index (Phi) is 7.53. The average Bonchev–Trinajstić information content (AvgIpc) is 2.80. The number of methoxy groups -OCH3 is 2. The van der Waals surface area contributed by atoms with Crippen LogP contribution in [0, 0.1) is 0 Å². The normalized spacial score (nSPS) is 15.5. The van der Waals surface area contributed by atoms with Crippen molar-refractivity contribution in [2.45, 2.75) is 13.5 Å². The van der Waals surface area contributed by atoms with Gasteiger partial charge in [-0.15, -0.1) is 0 Å². The first-order valence-electron chi connectivity index (χ1n) is 10.2. The average molecular weight is 448 g/mol. The van der Waals surface area contributed by atoms with Crippen LogP contribution in [0.1, 0.15) is 22.8 Å². The zero-order valence-corrected chi connectivity index (χ0v) is 18.9. The van der Waals surface area contributed by atoms with E-state index < -0.39 is 10.0 Å². The summed E-state index contributed by atoms with van der Waals surface area (Å²) in [6.07, 6.45) is 0. The van der Waals surface area contributed by atoms with Crippen molar-refractivity contribution >= 4 is 21.6 Å². The second kappa shape index (κ2) is 10.1. The van der Waals surface area contributed by atoms with E-state index in [2.05, 4.69) is 10.2 Å². The Labute approximate surface area is 183 Å². The highest BCUT2D eigenvalue weighted by molar-refractivity contribution is 7.89. The monoisotopic (exact) mass is 447 g/mol. The van der Waals surface area contributed by atoms with Crippen molar-refractivity contribution in [1.29, 1.82) is 0 Å². The van der Waals surface area contributed by atoms with Crippen molar-refractivity contribution in [1.82, 2.24) is 9.21 Å². The lowest BCUT2D eigenvalue weighted by atomic mass is 10.1.